The van der Waals surface area contributed by atoms with E-state index in [0.717, 1.165) is 5.92 Å². The van der Waals surface area contributed by atoms with Crippen LogP contribution in [0.2, 0.25) is 0 Å². The minimum Gasteiger partial charge on any atom is -0.103 e. The molecule has 0 heterocycles. The third-order valence-corrected chi connectivity index (χ3v) is 0.866. The average molecular weight is 229 g/mol. The van der Waals surface area contributed by atoms with E-state index < -0.39 is 0 Å². The molecular weight excluding hydrogens is 209 g/mol. The van der Waals surface area contributed by atoms with E-state index in [0.29, 0.717) is 0 Å². The van der Waals surface area contributed by atoms with Crippen LogP contribution in [0, 0.1) is 5.92 Å². The molecule has 1 saturated carbocycles. The summed E-state index contributed by atoms with van der Waals surface area (Å²) in [6.45, 7) is 12.8. The summed E-state index contributed by atoms with van der Waals surface area (Å²) >= 11 is 0. The van der Waals surface area contributed by atoms with Crippen LogP contribution < -0.4 is 0 Å². The van der Waals surface area contributed by atoms with Gasteiger partial charge in [0, 0.05) is 32.7 Å². The monoisotopic (exact) mass is 229 g/mol. The van der Waals surface area contributed by atoms with Gasteiger partial charge in [-0.2, -0.15) is 0 Å². The number of hydrogen-bond acceptors (Lipinski definition) is 0. The van der Waals surface area contributed by atoms with Gasteiger partial charge in [-0.1, -0.05) is 31.9 Å². The molecule has 0 saturated heterocycles. The van der Waals surface area contributed by atoms with Crippen LogP contribution in [0.5, 0.6) is 0 Å². The number of hydrogen-bond donors (Lipinski definition) is 0. The Morgan fingerprint density at radius 2 is 1.18 bits per heavy atom. The Labute approximate surface area is 97.0 Å². The molecule has 0 aromatic heterocycles. The van der Waals surface area contributed by atoms with Crippen LogP contribution in [-0.4, -0.2) is 0 Å². The molecule has 0 bridgehead atoms. The molecule has 63 valence electrons. The summed E-state index contributed by atoms with van der Waals surface area (Å²) in [4.78, 5) is 0. The molecule has 0 unspecified atom stereocenters. The molecule has 0 nitrogen and oxygen atoms in total. The van der Waals surface area contributed by atoms with Crippen LogP contribution >= 0.6 is 0 Å². The minimum atomic E-state index is 0. The quantitative estimate of drug-likeness (QED) is 0.554. The van der Waals surface area contributed by atoms with Crippen molar-refractivity contribution in [2.75, 3.05) is 0 Å². The van der Waals surface area contributed by atoms with E-state index in [1.165, 1.54) is 12.8 Å². The summed E-state index contributed by atoms with van der Waals surface area (Å²) in [6.07, 6.45) is 6.47. The Morgan fingerprint density at radius 1 is 1.09 bits per heavy atom. The van der Waals surface area contributed by atoms with Crippen LogP contribution in [0.3, 0.4) is 0 Å². The van der Waals surface area contributed by atoms with Crippen molar-refractivity contribution in [1.29, 1.82) is 0 Å². The van der Waals surface area contributed by atoms with E-state index in [2.05, 4.69) is 20.1 Å². The third-order valence-electron chi connectivity index (χ3n) is 0.866. The topological polar surface area (TPSA) is 0 Å². The molecule has 11 heavy (non-hydrogen) atoms. The van der Waals surface area contributed by atoms with Gasteiger partial charge in [0.05, 0.1) is 0 Å². The molecule has 1 radical (unpaired) electrons. The zero-order valence-corrected chi connectivity index (χ0v) is 11.0. The van der Waals surface area contributed by atoms with Crippen LogP contribution in [-0.2, 0) is 32.7 Å². The van der Waals surface area contributed by atoms with Crippen LogP contribution in [0.4, 0.5) is 0 Å². The molecular formula is C10H20Y. The Kier molecular flexibility index (Phi) is 27.1. The van der Waals surface area contributed by atoms with Gasteiger partial charge in [-0.15, -0.1) is 13.2 Å². The van der Waals surface area contributed by atoms with Gasteiger partial charge < -0.3 is 0 Å². The first-order chi connectivity index (χ1) is 4.72. The van der Waals surface area contributed by atoms with Gasteiger partial charge in [0.2, 0.25) is 0 Å². The molecule has 1 rings (SSSR count). The van der Waals surface area contributed by atoms with Crippen molar-refractivity contribution in [1.82, 2.24) is 0 Å². The maximum atomic E-state index is 3.36. The predicted octanol–water partition coefficient (Wildman–Crippen LogP) is 3.80. The summed E-state index contributed by atoms with van der Waals surface area (Å²) < 4.78 is 0. The maximum absolute atomic E-state index is 3.36. The smallest absolute Gasteiger partial charge is 0 e. The zero-order chi connectivity index (χ0) is 8.41. The number of allylic oxidation sites excluding steroid dienone is 2. The Balaban J connectivity index is -0.0000000857. The first-order valence-electron chi connectivity index (χ1n) is 3.87. The Bertz CT molecular complexity index is 66.9. The van der Waals surface area contributed by atoms with E-state index in [1.807, 2.05) is 13.8 Å². The normalized spacial score (nSPS) is 11.9. The molecule has 0 atom stereocenters. The fraction of sp³-hybridized carbons (Fsp3) is 0.600. The van der Waals surface area contributed by atoms with E-state index in [4.69, 9.17) is 0 Å². The van der Waals surface area contributed by atoms with Gasteiger partial charge in [0.25, 0.3) is 0 Å². The molecule has 0 aromatic carbocycles. The summed E-state index contributed by atoms with van der Waals surface area (Å²) in [5.41, 5.74) is 0. The predicted molar refractivity (Wildman–Crippen MR) is 50.1 cm³/mol. The average Bonchev–Trinajstić information content (AvgIpc) is 2.55. The molecule has 0 aromatic rings. The van der Waals surface area contributed by atoms with Gasteiger partial charge in [-0.3, -0.25) is 0 Å². The molecule has 1 aliphatic rings. The Hall–Kier alpha value is 0.584. The molecule has 0 amide bonds. The van der Waals surface area contributed by atoms with Crippen molar-refractivity contribution in [3.05, 3.63) is 25.3 Å². The fourth-order valence-corrected chi connectivity index (χ4v) is 0.167. The second-order valence-corrected chi connectivity index (χ2v) is 2.50. The fourth-order valence-electron chi connectivity index (χ4n) is 0.167. The van der Waals surface area contributed by atoms with Gasteiger partial charge in [0.15, 0.2) is 0 Å². The van der Waals surface area contributed by atoms with E-state index in [1.54, 1.807) is 12.2 Å². The van der Waals surface area contributed by atoms with E-state index >= 15 is 0 Å². The van der Waals surface area contributed by atoms with E-state index in [9.17, 15) is 0 Å². The van der Waals surface area contributed by atoms with Crippen molar-refractivity contribution in [3.8, 4) is 0 Å². The van der Waals surface area contributed by atoms with Gasteiger partial charge >= 0.3 is 0 Å². The standard InChI is InChI=1S/C4H8.2C3H6.Y/c1-4-2-3-4;2*1-3-2;/h4H,2-3H2,1H3;2*3H,1H2,2H3;. The molecule has 0 aliphatic heterocycles. The van der Waals surface area contributed by atoms with Crippen LogP contribution in [0.1, 0.15) is 33.6 Å². The SMILES string of the molecule is C=CC.C=CC.CC1CC1.[Y]. The first kappa shape index (κ1) is 17.6. The molecule has 1 aliphatic carbocycles. The molecule has 0 N–H and O–H groups in total. The van der Waals surface area contributed by atoms with Crippen LogP contribution in [0.25, 0.3) is 0 Å². The van der Waals surface area contributed by atoms with Crippen molar-refractivity contribution >= 4 is 0 Å². The third kappa shape index (κ3) is 60.7. The second kappa shape index (κ2) is 16.9. The van der Waals surface area contributed by atoms with Crippen molar-refractivity contribution in [2.45, 2.75) is 33.6 Å². The van der Waals surface area contributed by atoms with Crippen molar-refractivity contribution in [2.24, 2.45) is 5.92 Å². The summed E-state index contributed by atoms with van der Waals surface area (Å²) in [5, 5.41) is 0. The number of rotatable bonds is 0. The van der Waals surface area contributed by atoms with Crippen LogP contribution in [0.15, 0.2) is 25.3 Å². The first-order valence-corrected chi connectivity index (χ1v) is 3.87. The largest absolute Gasteiger partial charge is 0.103 e. The van der Waals surface area contributed by atoms with E-state index in [-0.39, 0.29) is 32.7 Å². The Morgan fingerprint density at radius 3 is 1.18 bits per heavy atom. The molecule has 0 spiro atoms. The minimum absolute atomic E-state index is 0. The van der Waals surface area contributed by atoms with Gasteiger partial charge in [0.1, 0.15) is 0 Å². The van der Waals surface area contributed by atoms with Gasteiger partial charge in [-0.05, 0) is 19.8 Å². The maximum Gasteiger partial charge on any atom is 0 e. The second-order valence-electron chi connectivity index (χ2n) is 2.50. The van der Waals surface area contributed by atoms with Crippen molar-refractivity contribution in [3.63, 3.8) is 0 Å². The molecule has 1 heteroatoms. The van der Waals surface area contributed by atoms with Gasteiger partial charge in [-0.25, -0.2) is 0 Å². The zero-order valence-electron chi connectivity index (χ0n) is 8.14. The summed E-state index contributed by atoms with van der Waals surface area (Å²) in [7, 11) is 0. The van der Waals surface area contributed by atoms with Crippen molar-refractivity contribution < 1.29 is 32.7 Å². The molecule has 1 fully saturated rings. The summed E-state index contributed by atoms with van der Waals surface area (Å²) in [5.74, 6) is 1.08. The summed E-state index contributed by atoms with van der Waals surface area (Å²) in [6, 6.07) is 0.